The number of hydrogen-bond donors (Lipinski definition) is 4. The molecule has 3 atom stereocenters. The summed E-state index contributed by atoms with van der Waals surface area (Å²) in [6, 6.07) is 5.97. The Morgan fingerprint density at radius 2 is 1.84 bits per heavy atom. The van der Waals surface area contributed by atoms with Gasteiger partial charge in [0.1, 0.15) is 18.2 Å². The molecule has 0 radical (unpaired) electrons. The Kier molecular flexibility index (Phi) is 9.20. The fourth-order valence-corrected chi connectivity index (χ4v) is 6.50. The molecule has 0 fully saturated rings. The van der Waals surface area contributed by atoms with E-state index >= 15 is 0 Å². The van der Waals surface area contributed by atoms with Crippen LogP contribution in [0.5, 0.6) is 0 Å². The fourth-order valence-electron chi connectivity index (χ4n) is 4.34. The van der Waals surface area contributed by atoms with Crippen molar-refractivity contribution in [2.45, 2.75) is 57.8 Å². The first-order valence-electron chi connectivity index (χ1n) is 12.4. The van der Waals surface area contributed by atoms with Gasteiger partial charge in [0.2, 0.25) is 17.7 Å². The number of H-pyrrole nitrogens is 1. The van der Waals surface area contributed by atoms with Gasteiger partial charge in [0.15, 0.2) is 0 Å². The number of fused-ring (bicyclic) bond motifs is 10. The van der Waals surface area contributed by atoms with Gasteiger partial charge in [0.25, 0.3) is 0 Å². The summed E-state index contributed by atoms with van der Waals surface area (Å²) in [6.07, 6.45) is 3.47. The van der Waals surface area contributed by atoms with Gasteiger partial charge >= 0.3 is 5.97 Å². The molecule has 1 aromatic heterocycles. The lowest BCUT2D eigenvalue weighted by Crippen LogP contribution is -2.56. The van der Waals surface area contributed by atoms with Crippen LogP contribution in [0.25, 0.3) is 10.9 Å². The molecule has 0 saturated heterocycles. The number of carbonyl (C=O) groups excluding carboxylic acids is 4. The Morgan fingerprint density at radius 3 is 2.65 bits per heavy atom. The Hall–Kier alpha value is -2.92. The standard InChI is InChI=1S/C26H32N4O5S2/c1-15(2)24-26(34)29-21-14-37-36-10-6-5-7-16(11-22(31)30-24)35-23(32)12-18-17-8-3-4-9-19(17)28-20(18)13-27-25(21)33/h3-5,7-9,15-16,21,24,28H,6,10-14H2,1-2H3,(H,27,33)(H,29,34)(H,30,31)/t16-,21-,24-/m1/s1. The van der Waals surface area contributed by atoms with E-state index in [1.165, 1.54) is 10.8 Å². The smallest absolute Gasteiger partial charge is 0.310 e. The monoisotopic (exact) mass is 544 g/mol. The van der Waals surface area contributed by atoms with Crippen LogP contribution in [-0.4, -0.2) is 58.4 Å². The summed E-state index contributed by atoms with van der Waals surface area (Å²) in [4.78, 5) is 55.8. The van der Waals surface area contributed by atoms with Crippen LogP contribution in [0.15, 0.2) is 36.4 Å². The zero-order valence-corrected chi connectivity index (χ0v) is 22.5. The van der Waals surface area contributed by atoms with Crippen molar-refractivity contribution in [2.24, 2.45) is 5.92 Å². The van der Waals surface area contributed by atoms with Crippen molar-refractivity contribution in [3.63, 3.8) is 0 Å². The molecule has 0 saturated carbocycles. The van der Waals surface area contributed by atoms with Gasteiger partial charge in [-0.2, -0.15) is 0 Å². The van der Waals surface area contributed by atoms with Gasteiger partial charge in [-0.05, 0) is 30.0 Å². The molecule has 11 heteroatoms. The maximum atomic E-state index is 13.3. The highest BCUT2D eigenvalue weighted by Crippen LogP contribution is 2.26. The van der Waals surface area contributed by atoms with Gasteiger partial charge in [0.05, 0.1) is 19.4 Å². The number of benzene rings is 1. The van der Waals surface area contributed by atoms with Crippen molar-refractivity contribution in [1.29, 1.82) is 0 Å². The van der Waals surface area contributed by atoms with E-state index in [9.17, 15) is 19.2 Å². The molecular weight excluding hydrogens is 512 g/mol. The molecule has 0 aliphatic carbocycles. The number of carbonyl (C=O) groups is 4. The fraction of sp³-hybridized carbons (Fsp3) is 0.462. The highest BCUT2D eigenvalue weighted by Gasteiger charge is 2.30. The Morgan fingerprint density at radius 1 is 1.03 bits per heavy atom. The number of amides is 3. The number of allylic oxidation sites excluding steroid dienone is 1. The highest BCUT2D eigenvalue weighted by atomic mass is 33.1. The minimum atomic E-state index is -0.834. The average molecular weight is 545 g/mol. The van der Waals surface area contributed by atoms with Crippen LogP contribution in [0.1, 0.15) is 37.9 Å². The largest absolute Gasteiger partial charge is 0.457 e. The maximum Gasteiger partial charge on any atom is 0.310 e. The van der Waals surface area contributed by atoms with E-state index in [2.05, 4.69) is 20.9 Å². The predicted octanol–water partition coefficient (Wildman–Crippen LogP) is 2.61. The summed E-state index contributed by atoms with van der Waals surface area (Å²) in [7, 11) is 3.10. The third-order valence-electron chi connectivity index (χ3n) is 6.27. The first-order valence-corrected chi connectivity index (χ1v) is 14.9. The van der Waals surface area contributed by atoms with Gasteiger partial charge < -0.3 is 25.7 Å². The molecule has 3 heterocycles. The molecule has 37 heavy (non-hydrogen) atoms. The second-order valence-electron chi connectivity index (χ2n) is 9.43. The van der Waals surface area contributed by atoms with Crippen LogP contribution in [0, 0.1) is 5.92 Å². The summed E-state index contributed by atoms with van der Waals surface area (Å²) < 4.78 is 5.75. The molecule has 1 aromatic carbocycles. The van der Waals surface area contributed by atoms with Crippen molar-refractivity contribution < 1.29 is 23.9 Å². The summed E-state index contributed by atoms with van der Waals surface area (Å²) in [5.74, 6) is -0.719. The third-order valence-corrected chi connectivity index (χ3v) is 8.71. The molecular formula is C26H32N4O5S2. The summed E-state index contributed by atoms with van der Waals surface area (Å²) in [6.45, 7) is 3.81. The topological polar surface area (TPSA) is 129 Å². The normalized spacial score (nSPS) is 24.6. The molecule has 0 spiro atoms. The minimum absolute atomic E-state index is 0.0122. The van der Waals surface area contributed by atoms with Gasteiger partial charge in [-0.25, -0.2) is 0 Å². The van der Waals surface area contributed by atoms with E-state index in [4.69, 9.17) is 4.74 Å². The van der Waals surface area contributed by atoms with Crippen LogP contribution in [0.4, 0.5) is 0 Å². The number of rotatable bonds is 1. The molecule has 198 valence electrons. The zero-order valence-electron chi connectivity index (χ0n) is 20.9. The number of para-hydroxylation sites is 1. The van der Waals surface area contributed by atoms with Gasteiger partial charge in [-0.3, -0.25) is 19.2 Å². The number of nitrogens with one attached hydrogen (secondary N) is 4. The molecule has 3 amide bonds. The van der Waals surface area contributed by atoms with Gasteiger partial charge in [0, 0.05) is 28.1 Å². The van der Waals surface area contributed by atoms with Crippen molar-refractivity contribution >= 4 is 56.2 Å². The third kappa shape index (κ3) is 7.10. The number of hydrogen-bond acceptors (Lipinski definition) is 7. The van der Waals surface area contributed by atoms with E-state index in [-0.39, 0.29) is 31.2 Å². The lowest BCUT2D eigenvalue weighted by molar-refractivity contribution is -0.147. The lowest BCUT2D eigenvalue weighted by Gasteiger charge is -2.26. The summed E-state index contributed by atoms with van der Waals surface area (Å²) in [5.41, 5.74) is 2.27. The molecule has 9 nitrogen and oxygen atoms in total. The van der Waals surface area contributed by atoms with Crippen molar-refractivity contribution in [3.05, 3.63) is 47.7 Å². The van der Waals surface area contributed by atoms with Crippen LogP contribution in [0.3, 0.4) is 0 Å². The second-order valence-corrected chi connectivity index (χ2v) is 12.1. The van der Waals surface area contributed by atoms with E-state index in [1.54, 1.807) is 16.9 Å². The predicted molar refractivity (Wildman–Crippen MR) is 146 cm³/mol. The maximum absolute atomic E-state index is 13.3. The Bertz CT molecular complexity index is 1190. The highest BCUT2D eigenvalue weighted by molar-refractivity contribution is 8.76. The molecule has 2 bridgehead atoms. The molecule has 2 aliphatic rings. The lowest BCUT2D eigenvalue weighted by atomic mass is 10.0. The van der Waals surface area contributed by atoms with Crippen LogP contribution >= 0.6 is 21.6 Å². The van der Waals surface area contributed by atoms with Gasteiger partial charge in [-0.15, -0.1) is 0 Å². The number of aromatic nitrogens is 1. The summed E-state index contributed by atoms with van der Waals surface area (Å²) >= 11 is 0. The molecule has 4 rings (SSSR count). The summed E-state index contributed by atoms with van der Waals surface area (Å²) in [5, 5.41) is 9.41. The van der Waals surface area contributed by atoms with Crippen LogP contribution in [0.2, 0.25) is 0 Å². The average Bonchev–Trinajstić information content (AvgIpc) is 3.19. The SMILES string of the molecule is CC(C)[C@H]1NC(=O)C[C@H]2C=CCCSSC[C@@H](NC1=O)C(=O)NCc1[nH]c3ccccc3c1CC(=O)O2. The number of esters is 1. The zero-order chi connectivity index (χ0) is 26.4. The van der Waals surface area contributed by atoms with E-state index < -0.39 is 36.0 Å². The van der Waals surface area contributed by atoms with Gasteiger partial charge in [-0.1, -0.05) is 59.7 Å². The van der Waals surface area contributed by atoms with Crippen molar-refractivity contribution in [1.82, 2.24) is 20.9 Å². The number of aromatic amines is 1. The first-order chi connectivity index (χ1) is 17.8. The van der Waals surface area contributed by atoms with E-state index in [0.29, 0.717) is 17.9 Å². The molecule has 2 aromatic rings. The van der Waals surface area contributed by atoms with E-state index in [1.807, 2.05) is 44.2 Å². The molecule has 2 aliphatic heterocycles. The van der Waals surface area contributed by atoms with Crippen molar-refractivity contribution in [3.8, 4) is 0 Å². The molecule has 0 unspecified atom stereocenters. The van der Waals surface area contributed by atoms with Crippen LogP contribution < -0.4 is 16.0 Å². The second kappa shape index (κ2) is 12.6. The van der Waals surface area contributed by atoms with E-state index in [0.717, 1.165) is 22.2 Å². The van der Waals surface area contributed by atoms with Crippen LogP contribution in [-0.2, 0) is 36.9 Å². The quantitative estimate of drug-likeness (QED) is 0.247. The Balaban J connectivity index is 1.74. The minimum Gasteiger partial charge on any atom is -0.457 e. The first kappa shape index (κ1) is 27.1. The van der Waals surface area contributed by atoms with Crippen molar-refractivity contribution in [2.75, 3.05) is 11.5 Å². The molecule has 4 N–H and O–H groups in total. The number of ether oxygens (including phenoxy) is 1. The Labute approximate surface area is 223 Å².